The van der Waals surface area contributed by atoms with Crippen LogP contribution in [0.5, 0.6) is 0 Å². The fraction of sp³-hybridized carbons (Fsp3) is 0.474. The number of imidazole rings is 1. The number of fused-ring (bicyclic) bond motifs is 2. The quantitative estimate of drug-likeness (QED) is 0.680. The summed E-state index contributed by atoms with van der Waals surface area (Å²) in [5, 5.41) is 2.13. The maximum atomic E-state index is 13.2. The number of aromatic nitrogens is 4. The first-order chi connectivity index (χ1) is 13.2. The Hall–Kier alpha value is -2.48. The average Bonchev–Trinajstić information content (AvgIpc) is 3.33. The van der Waals surface area contributed by atoms with Gasteiger partial charge in [0, 0.05) is 38.1 Å². The number of rotatable bonds is 2. The molecule has 3 aromatic rings. The van der Waals surface area contributed by atoms with Gasteiger partial charge in [-0.25, -0.2) is 15.0 Å². The van der Waals surface area contributed by atoms with Crippen LogP contribution in [0.4, 0.5) is 5.82 Å². The minimum atomic E-state index is 0.0210. The van der Waals surface area contributed by atoms with Crippen LogP contribution < -0.4 is 4.90 Å². The van der Waals surface area contributed by atoms with E-state index in [1.807, 2.05) is 16.5 Å². The Morgan fingerprint density at radius 3 is 3.11 bits per heavy atom. The van der Waals surface area contributed by atoms with Crippen LogP contribution in [0.2, 0.25) is 0 Å². The Morgan fingerprint density at radius 1 is 1.26 bits per heavy atom. The summed E-state index contributed by atoms with van der Waals surface area (Å²) in [5.74, 6) is 1.15. The molecular formula is C19H22N6OS. The van der Waals surface area contributed by atoms with Gasteiger partial charge in [-0.3, -0.25) is 4.79 Å². The molecule has 1 fully saturated rings. The molecule has 0 N–H and O–H groups in total. The molecule has 2 aliphatic heterocycles. The summed E-state index contributed by atoms with van der Waals surface area (Å²) in [6, 6.07) is 2.16. The van der Waals surface area contributed by atoms with Crippen LogP contribution in [0.1, 0.15) is 23.3 Å². The number of carbonyl (C=O) groups is 1. The number of nitrogens with zero attached hydrogens (tertiary/aromatic N) is 6. The second-order valence-electron chi connectivity index (χ2n) is 7.39. The van der Waals surface area contributed by atoms with E-state index in [4.69, 9.17) is 0 Å². The molecule has 1 amide bonds. The van der Waals surface area contributed by atoms with Gasteiger partial charge in [-0.15, -0.1) is 11.3 Å². The molecule has 3 aromatic heterocycles. The van der Waals surface area contributed by atoms with E-state index in [0.717, 1.165) is 55.9 Å². The van der Waals surface area contributed by atoms with Crippen molar-refractivity contribution in [3.8, 4) is 0 Å². The third-order valence-electron chi connectivity index (χ3n) is 5.67. The predicted octanol–water partition coefficient (Wildman–Crippen LogP) is 2.23. The lowest BCUT2D eigenvalue weighted by Crippen LogP contribution is -2.46. The molecule has 8 heteroatoms. The highest BCUT2D eigenvalue weighted by Gasteiger charge is 2.32. The minimum Gasteiger partial charge on any atom is -0.354 e. The zero-order valence-corrected chi connectivity index (χ0v) is 16.2. The molecule has 1 saturated heterocycles. The zero-order chi connectivity index (χ0) is 18.4. The molecule has 0 aromatic carbocycles. The van der Waals surface area contributed by atoms with Crippen molar-refractivity contribution in [3.05, 3.63) is 34.5 Å². The number of thiophene rings is 1. The second-order valence-corrected chi connectivity index (χ2v) is 8.39. The summed E-state index contributed by atoms with van der Waals surface area (Å²) < 4.78 is 1.90. The van der Waals surface area contributed by atoms with Crippen molar-refractivity contribution in [2.75, 3.05) is 24.5 Å². The Bertz CT molecular complexity index is 995. The first-order valence-electron chi connectivity index (χ1n) is 9.41. The number of amides is 1. The molecule has 1 unspecified atom stereocenters. The summed E-state index contributed by atoms with van der Waals surface area (Å²) in [5.41, 5.74) is 2.96. The van der Waals surface area contributed by atoms with E-state index in [1.54, 1.807) is 24.0 Å². The van der Waals surface area contributed by atoms with E-state index in [2.05, 4.69) is 31.3 Å². The van der Waals surface area contributed by atoms with Gasteiger partial charge in [0.05, 0.1) is 12.2 Å². The lowest BCUT2D eigenvalue weighted by molar-refractivity contribution is -0.136. The molecule has 0 bridgehead atoms. The van der Waals surface area contributed by atoms with E-state index in [-0.39, 0.29) is 11.8 Å². The highest BCUT2D eigenvalue weighted by molar-refractivity contribution is 7.10. The number of hydrogen-bond acceptors (Lipinski definition) is 6. The maximum Gasteiger partial charge on any atom is 0.227 e. The van der Waals surface area contributed by atoms with Gasteiger partial charge in [0.25, 0.3) is 0 Å². The van der Waals surface area contributed by atoms with E-state index < -0.39 is 0 Å². The van der Waals surface area contributed by atoms with Crippen LogP contribution in [-0.4, -0.2) is 50.0 Å². The van der Waals surface area contributed by atoms with Gasteiger partial charge in [0.2, 0.25) is 5.91 Å². The van der Waals surface area contributed by atoms with Gasteiger partial charge in [0.15, 0.2) is 17.0 Å². The van der Waals surface area contributed by atoms with E-state index in [9.17, 15) is 4.79 Å². The molecule has 5 rings (SSSR count). The predicted molar refractivity (Wildman–Crippen MR) is 105 cm³/mol. The van der Waals surface area contributed by atoms with Gasteiger partial charge >= 0.3 is 0 Å². The van der Waals surface area contributed by atoms with E-state index >= 15 is 0 Å². The van der Waals surface area contributed by atoms with Crippen LogP contribution in [0.15, 0.2) is 24.1 Å². The Labute approximate surface area is 161 Å². The second kappa shape index (κ2) is 6.60. The monoisotopic (exact) mass is 382 g/mol. The van der Waals surface area contributed by atoms with Gasteiger partial charge in [-0.2, -0.15) is 0 Å². The van der Waals surface area contributed by atoms with Crippen molar-refractivity contribution >= 4 is 34.2 Å². The first kappa shape index (κ1) is 16.7. The molecule has 27 heavy (non-hydrogen) atoms. The maximum absolute atomic E-state index is 13.2. The molecule has 0 radical (unpaired) electrons. The summed E-state index contributed by atoms with van der Waals surface area (Å²) in [7, 11) is 1.93. The van der Waals surface area contributed by atoms with Crippen molar-refractivity contribution in [2.24, 2.45) is 13.0 Å². The van der Waals surface area contributed by atoms with Crippen molar-refractivity contribution in [1.29, 1.82) is 0 Å². The molecule has 1 atom stereocenters. The number of aryl methyl sites for hydroxylation is 1. The molecule has 0 spiro atoms. The molecule has 2 aliphatic rings. The summed E-state index contributed by atoms with van der Waals surface area (Å²) in [6.07, 6.45) is 6.27. The minimum absolute atomic E-state index is 0.0210. The third-order valence-corrected chi connectivity index (χ3v) is 6.69. The van der Waals surface area contributed by atoms with Gasteiger partial charge in [-0.1, -0.05) is 0 Å². The number of anilines is 1. The van der Waals surface area contributed by atoms with E-state index in [1.165, 1.54) is 10.4 Å². The van der Waals surface area contributed by atoms with Gasteiger partial charge < -0.3 is 14.4 Å². The summed E-state index contributed by atoms with van der Waals surface area (Å²) in [6.45, 7) is 3.20. The molecule has 0 aliphatic carbocycles. The van der Waals surface area contributed by atoms with Crippen molar-refractivity contribution in [1.82, 2.24) is 24.4 Å². The number of carbonyl (C=O) groups excluding carboxylic acids is 1. The Kier molecular flexibility index (Phi) is 4.07. The third kappa shape index (κ3) is 2.88. The Morgan fingerprint density at radius 2 is 2.19 bits per heavy atom. The fourth-order valence-corrected chi connectivity index (χ4v) is 5.12. The smallest absolute Gasteiger partial charge is 0.227 e. The van der Waals surface area contributed by atoms with Crippen LogP contribution in [-0.2, 0) is 24.8 Å². The number of hydrogen-bond donors (Lipinski definition) is 0. The van der Waals surface area contributed by atoms with Crippen LogP contribution >= 0.6 is 11.3 Å². The fourth-order valence-electron chi connectivity index (χ4n) is 4.23. The molecule has 140 valence electrons. The van der Waals surface area contributed by atoms with Crippen LogP contribution in [0, 0.1) is 5.92 Å². The lowest BCUT2D eigenvalue weighted by atomic mass is 9.95. The van der Waals surface area contributed by atoms with E-state index in [0.29, 0.717) is 6.54 Å². The lowest BCUT2D eigenvalue weighted by Gasteiger charge is -2.36. The van der Waals surface area contributed by atoms with Crippen molar-refractivity contribution < 1.29 is 4.79 Å². The normalized spacial score (nSPS) is 20.1. The first-order valence-corrected chi connectivity index (χ1v) is 10.3. The van der Waals surface area contributed by atoms with Gasteiger partial charge in [0.1, 0.15) is 6.33 Å². The summed E-state index contributed by atoms with van der Waals surface area (Å²) >= 11 is 1.81. The molecular weight excluding hydrogens is 360 g/mol. The highest BCUT2D eigenvalue weighted by Crippen LogP contribution is 2.29. The topological polar surface area (TPSA) is 67.2 Å². The van der Waals surface area contributed by atoms with Crippen molar-refractivity contribution in [2.45, 2.75) is 25.8 Å². The zero-order valence-electron chi connectivity index (χ0n) is 15.3. The number of piperidine rings is 1. The van der Waals surface area contributed by atoms with Crippen LogP contribution in [0.3, 0.4) is 0 Å². The SMILES string of the molecule is Cn1cnc2c(N3CCCC(C(=O)N4CCc5sccc5C4)C3)ncnc21. The summed E-state index contributed by atoms with van der Waals surface area (Å²) in [4.78, 5) is 32.2. The standard InChI is InChI=1S/C19H22N6OS/c1-23-12-22-16-17(23)20-11-21-18(16)24-6-2-3-14(10-24)19(26)25-7-4-15-13(9-25)5-8-27-15/h5,8,11-12,14H,2-4,6-7,9-10H2,1H3. The van der Waals surface area contributed by atoms with Gasteiger partial charge in [-0.05, 0) is 36.3 Å². The highest BCUT2D eigenvalue weighted by atomic mass is 32.1. The van der Waals surface area contributed by atoms with Crippen molar-refractivity contribution in [3.63, 3.8) is 0 Å². The average molecular weight is 382 g/mol. The largest absolute Gasteiger partial charge is 0.354 e. The Balaban J connectivity index is 1.35. The molecule has 5 heterocycles. The van der Waals surface area contributed by atoms with Crippen LogP contribution in [0.25, 0.3) is 11.2 Å². The molecule has 7 nitrogen and oxygen atoms in total. The molecule has 0 saturated carbocycles.